The second kappa shape index (κ2) is 15.8. The van der Waals surface area contributed by atoms with Gasteiger partial charge in [0.2, 0.25) is 0 Å². The maximum atomic E-state index is 3.67. The van der Waals surface area contributed by atoms with E-state index in [4.69, 9.17) is 0 Å². The molecular formula is C45H60Cl2Zr-2. The van der Waals surface area contributed by atoms with Crippen molar-refractivity contribution in [3.8, 4) is 11.1 Å². The minimum atomic E-state index is 0. The summed E-state index contributed by atoms with van der Waals surface area (Å²) in [6.45, 7) is 18.2. The number of benzene rings is 2. The molecule has 0 spiro atoms. The van der Waals surface area contributed by atoms with Crippen LogP contribution in [0.25, 0.3) is 11.1 Å². The molecule has 0 atom stereocenters. The molecule has 0 aromatic heterocycles. The summed E-state index contributed by atoms with van der Waals surface area (Å²) < 4.78 is 1.80. The normalized spacial score (nSPS) is 25.0. The molecule has 5 fully saturated rings. The number of aryl methyl sites for hydroxylation is 2. The van der Waals surface area contributed by atoms with Crippen molar-refractivity contribution in [2.24, 2.45) is 23.2 Å². The second-order valence-electron chi connectivity index (χ2n) is 18.3. The van der Waals surface area contributed by atoms with Gasteiger partial charge in [0.1, 0.15) is 0 Å². The Kier molecular flexibility index (Phi) is 13.1. The van der Waals surface area contributed by atoms with Crippen molar-refractivity contribution in [1.82, 2.24) is 0 Å². The first-order chi connectivity index (χ1) is 21.7. The van der Waals surface area contributed by atoms with E-state index in [1.54, 1.807) is 77.1 Å². The number of hydrogen-bond acceptors (Lipinski definition) is 0. The molecule has 3 aromatic rings. The van der Waals surface area contributed by atoms with Crippen LogP contribution in [0.5, 0.6) is 0 Å². The van der Waals surface area contributed by atoms with Crippen molar-refractivity contribution in [2.45, 2.75) is 150 Å². The van der Waals surface area contributed by atoms with E-state index in [2.05, 4.69) is 104 Å². The summed E-state index contributed by atoms with van der Waals surface area (Å²) in [5.74, 6) is 3.27. The van der Waals surface area contributed by atoms with Crippen LogP contribution in [0.3, 0.4) is 0 Å². The Morgan fingerprint density at radius 3 is 1.83 bits per heavy atom. The summed E-state index contributed by atoms with van der Waals surface area (Å²) in [7, 11) is 0. The average Bonchev–Trinajstić information content (AvgIpc) is 3.49. The van der Waals surface area contributed by atoms with Crippen molar-refractivity contribution in [1.29, 1.82) is 0 Å². The zero-order valence-electron chi connectivity index (χ0n) is 31.2. The fourth-order valence-corrected chi connectivity index (χ4v) is 10.8. The number of fused-ring (bicyclic) bond motifs is 3. The van der Waals surface area contributed by atoms with Gasteiger partial charge in [-0.15, -0.1) is 11.1 Å². The predicted molar refractivity (Wildman–Crippen MR) is 195 cm³/mol. The zero-order valence-corrected chi connectivity index (χ0v) is 35.2. The summed E-state index contributed by atoms with van der Waals surface area (Å²) in [6.07, 6.45) is 19.1. The topological polar surface area (TPSA) is 0 Å². The van der Waals surface area contributed by atoms with Crippen LogP contribution in [-0.2, 0) is 47.9 Å². The third-order valence-electron chi connectivity index (χ3n) is 12.0. The molecule has 6 aliphatic rings. The molecule has 0 saturated heterocycles. The molecule has 48 heavy (non-hydrogen) atoms. The molecule has 5 saturated carbocycles. The van der Waals surface area contributed by atoms with Gasteiger partial charge in [0, 0.05) is 0 Å². The second-order valence-corrected chi connectivity index (χ2v) is 20.1. The Hall–Kier alpha value is -0.877. The molecule has 4 bridgehead atoms. The number of halogens is 2. The zero-order chi connectivity index (χ0) is 32.9. The molecule has 0 heterocycles. The Morgan fingerprint density at radius 2 is 1.35 bits per heavy atom. The number of rotatable bonds is 2. The van der Waals surface area contributed by atoms with Crippen LogP contribution in [0.1, 0.15) is 151 Å². The molecule has 0 amide bonds. The molecule has 260 valence electrons. The van der Waals surface area contributed by atoms with Crippen molar-refractivity contribution < 1.29 is 49.0 Å². The van der Waals surface area contributed by atoms with Crippen LogP contribution in [-0.4, -0.2) is 3.21 Å². The van der Waals surface area contributed by atoms with Crippen molar-refractivity contribution in [3.63, 3.8) is 0 Å². The minimum absolute atomic E-state index is 0. The van der Waals surface area contributed by atoms with Gasteiger partial charge >= 0.3 is 59.5 Å². The average molecular weight is 763 g/mol. The van der Waals surface area contributed by atoms with Crippen LogP contribution >= 0.6 is 0 Å². The first-order valence-electron chi connectivity index (χ1n) is 18.7. The van der Waals surface area contributed by atoms with E-state index >= 15 is 0 Å². The summed E-state index contributed by atoms with van der Waals surface area (Å²) in [5.41, 5.74) is 14.1. The summed E-state index contributed by atoms with van der Waals surface area (Å²) in [5, 5.41) is 0. The molecule has 0 unspecified atom stereocenters. The van der Waals surface area contributed by atoms with Gasteiger partial charge in [-0.1, -0.05) is 85.6 Å². The molecule has 0 aliphatic heterocycles. The summed E-state index contributed by atoms with van der Waals surface area (Å²) in [6, 6.07) is 20.0. The fourth-order valence-electron chi connectivity index (χ4n) is 9.97. The van der Waals surface area contributed by atoms with Crippen LogP contribution in [0.4, 0.5) is 0 Å². The van der Waals surface area contributed by atoms with Crippen molar-refractivity contribution in [2.75, 3.05) is 0 Å². The number of hydrogen-bond donors (Lipinski definition) is 0. The van der Waals surface area contributed by atoms with E-state index in [1.165, 1.54) is 77.5 Å². The van der Waals surface area contributed by atoms with E-state index < -0.39 is 0 Å². The van der Waals surface area contributed by atoms with Gasteiger partial charge in [-0.05, 0) is 90.1 Å². The molecule has 6 aliphatic carbocycles. The standard InChI is InChI=1S/C21H25.C18H25.C6H10.2ClH.Zr/c1-20(2,3)16-7-9-18-14(12-16)11-15-13-17(21(4,5)6)8-10-19(15)18;1-12-3-13(2)17(4-12)11-18-8-14-5-15(9-18)7-16(6-14)10-18;1-2-4-6-5-3-1;;;/h7-10,12H,11H2,1-6H3;3-4,14-16H,5-11H2,1-2H3;1-5H2;2*1H;/q2*-1;;;;+2/p-2. The molecule has 0 nitrogen and oxygen atoms in total. The van der Waals surface area contributed by atoms with Crippen molar-refractivity contribution >= 4 is 3.21 Å². The molecular weight excluding hydrogens is 703 g/mol. The molecule has 3 heteroatoms. The summed E-state index contributed by atoms with van der Waals surface area (Å²) in [4.78, 5) is 0. The monoisotopic (exact) mass is 760 g/mol. The van der Waals surface area contributed by atoms with Gasteiger partial charge in [0.25, 0.3) is 0 Å². The van der Waals surface area contributed by atoms with Gasteiger partial charge in [-0.3, -0.25) is 0 Å². The first-order valence-corrected chi connectivity index (χ1v) is 19.9. The Bertz CT molecular complexity index is 1450. The van der Waals surface area contributed by atoms with Crippen molar-refractivity contribution in [3.05, 3.63) is 87.5 Å². The molecule has 0 N–H and O–H groups in total. The first kappa shape index (κ1) is 39.9. The molecule has 0 radical (unpaired) electrons. The maximum absolute atomic E-state index is 3.67. The SMILES string of the molecule is CC(C)(C)c1[c-]c2c(cc1)-c1ccc(C(C)(C)C)cc1C2.Cc1cc(CC23CC4CC(CC(C4)C2)C3)c(C)[cH-]1.[Cl-].[Cl-].[Zr+2]=[C]1CCCCC1. The third kappa shape index (κ3) is 9.31. The Labute approximate surface area is 321 Å². The summed E-state index contributed by atoms with van der Waals surface area (Å²) >= 11 is 1.69. The van der Waals surface area contributed by atoms with Crippen LogP contribution in [0.15, 0.2) is 42.5 Å². The molecule has 9 rings (SSSR count). The van der Waals surface area contributed by atoms with Gasteiger partial charge in [-0.25, -0.2) is 6.07 Å². The van der Waals surface area contributed by atoms with E-state index in [-0.39, 0.29) is 35.6 Å². The van der Waals surface area contributed by atoms with Gasteiger partial charge in [0.05, 0.1) is 0 Å². The van der Waals surface area contributed by atoms with Gasteiger partial charge < -0.3 is 24.8 Å². The Balaban J connectivity index is 0.000000176. The van der Waals surface area contributed by atoms with E-state index in [0.717, 1.165) is 24.2 Å². The van der Waals surface area contributed by atoms with E-state index in [9.17, 15) is 0 Å². The van der Waals surface area contributed by atoms with Crippen LogP contribution in [0, 0.1) is 43.1 Å². The van der Waals surface area contributed by atoms with Crippen LogP contribution in [0.2, 0.25) is 0 Å². The van der Waals surface area contributed by atoms with E-state index in [0.29, 0.717) is 5.41 Å². The van der Waals surface area contributed by atoms with Gasteiger partial charge in [0.15, 0.2) is 0 Å². The van der Waals surface area contributed by atoms with E-state index in [1.807, 2.05) is 0 Å². The third-order valence-corrected chi connectivity index (χ3v) is 13.2. The fraction of sp³-hybridized carbons (Fsp3) is 0.600. The molecule has 3 aromatic carbocycles. The predicted octanol–water partition coefficient (Wildman–Crippen LogP) is 6.11. The quantitative estimate of drug-likeness (QED) is 0.217. The van der Waals surface area contributed by atoms with Crippen LogP contribution < -0.4 is 24.8 Å². The Morgan fingerprint density at radius 1 is 0.771 bits per heavy atom. The van der Waals surface area contributed by atoms with Gasteiger partial charge in [-0.2, -0.15) is 46.5 Å².